The van der Waals surface area contributed by atoms with E-state index in [2.05, 4.69) is 0 Å². The van der Waals surface area contributed by atoms with Gasteiger partial charge in [0.15, 0.2) is 0 Å². The number of benzene rings is 2. The lowest BCUT2D eigenvalue weighted by Crippen LogP contribution is -2.45. The summed E-state index contributed by atoms with van der Waals surface area (Å²) in [4.78, 5) is 29.1. The van der Waals surface area contributed by atoms with E-state index in [0.717, 1.165) is 49.2 Å². The van der Waals surface area contributed by atoms with Crippen LogP contribution in [0.1, 0.15) is 36.8 Å². The molecule has 1 aliphatic heterocycles. The summed E-state index contributed by atoms with van der Waals surface area (Å²) < 4.78 is 13.4. The van der Waals surface area contributed by atoms with E-state index in [4.69, 9.17) is 0 Å². The van der Waals surface area contributed by atoms with E-state index in [-0.39, 0.29) is 30.6 Å². The summed E-state index contributed by atoms with van der Waals surface area (Å²) in [6.45, 7) is 3.56. The van der Waals surface area contributed by atoms with Gasteiger partial charge in [-0.3, -0.25) is 9.59 Å². The first-order chi connectivity index (χ1) is 13.5. The lowest BCUT2D eigenvalue weighted by Gasteiger charge is -2.30. The fraction of sp³-hybridized carbons (Fsp3) is 0.391. The Labute approximate surface area is 166 Å². The first-order valence-electron chi connectivity index (χ1n) is 9.92. The number of piperidine rings is 1. The molecule has 2 aromatic rings. The number of nitrogens with zero attached hydrogens (tertiary/aromatic N) is 2. The number of hydrogen-bond donors (Lipinski definition) is 0. The molecule has 0 aliphatic carbocycles. The second-order valence-corrected chi connectivity index (χ2v) is 7.39. The number of hydrogen-bond acceptors (Lipinski definition) is 2. The van der Waals surface area contributed by atoms with Crippen molar-refractivity contribution in [2.75, 3.05) is 24.5 Å². The van der Waals surface area contributed by atoms with Crippen molar-refractivity contribution in [3.05, 3.63) is 65.5 Å². The summed E-state index contributed by atoms with van der Waals surface area (Å²) in [7, 11) is 0. The van der Waals surface area contributed by atoms with Crippen LogP contribution in [-0.2, 0) is 16.0 Å². The number of halogens is 1. The molecule has 5 heteroatoms. The maximum Gasteiger partial charge on any atom is 0.242 e. The molecule has 148 valence electrons. The fourth-order valence-corrected chi connectivity index (χ4v) is 3.51. The first kappa shape index (κ1) is 20.1. The minimum Gasteiger partial charge on any atom is -0.341 e. The van der Waals surface area contributed by atoms with Crippen molar-refractivity contribution in [3.8, 4) is 0 Å². The second kappa shape index (κ2) is 9.49. The molecule has 1 aliphatic rings. The summed E-state index contributed by atoms with van der Waals surface area (Å²) in [5.41, 5.74) is 2.60. The molecule has 0 saturated carbocycles. The second-order valence-electron chi connectivity index (χ2n) is 7.39. The standard InChI is InChI=1S/C23H27FN2O2/c1-18-8-11-21(12-9-18)26(17-23(28)25-14-3-2-4-15-25)22(27)13-10-19-6-5-7-20(24)16-19/h5-9,11-12,16H,2-4,10,13-15,17H2,1H3. The largest absolute Gasteiger partial charge is 0.341 e. The normalized spacial score (nSPS) is 14.0. The molecule has 2 amide bonds. The average Bonchev–Trinajstić information content (AvgIpc) is 2.71. The first-order valence-corrected chi connectivity index (χ1v) is 9.92. The van der Waals surface area contributed by atoms with Gasteiger partial charge in [-0.15, -0.1) is 0 Å². The van der Waals surface area contributed by atoms with Gasteiger partial charge in [0.25, 0.3) is 0 Å². The minimum absolute atomic E-state index is 0.0145. The van der Waals surface area contributed by atoms with Gasteiger partial charge in [-0.05, 0) is 62.4 Å². The molecule has 28 heavy (non-hydrogen) atoms. The molecular weight excluding hydrogens is 355 g/mol. The van der Waals surface area contributed by atoms with Gasteiger partial charge in [0.05, 0.1) is 0 Å². The maximum absolute atomic E-state index is 13.4. The van der Waals surface area contributed by atoms with Crippen LogP contribution in [0.2, 0.25) is 0 Å². The molecule has 1 fully saturated rings. The van der Waals surface area contributed by atoms with E-state index in [1.807, 2.05) is 42.2 Å². The van der Waals surface area contributed by atoms with Crippen LogP contribution in [0.3, 0.4) is 0 Å². The molecule has 4 nitrogen and oxygen atoms in total. The van der Waals surface area contributed by atoms with Crippen LogP contribution in [0, 0.1) is 12.7 Å². The van der Waals surface area contributed by atoms with E-state index < -0.39 is 0 Å². The number of rotatable bonds is 6. The molecule has 1 heterocycles. The summed E-state index contributed by atoms with van der Waals surface area (Å²) in [5, 5.41) is 0. The minimum atomic E-state index is -0.305. The molecule has 3 rings (SSSR count). The van der Waals surface area contributed by atoms with Crippen molar-refractivity contribution in [1.29, 1.82) is 0 Å². The third-order valence-electron chi connectivity index (χ3n) is 5.17. The molecule has 0 N–H and O–H groups in total. The Morgan fingerprint density at radius 1 is 1.04 bits per heavy atom. The highest BCUT2D eigenvalue weighted by molar-refractivity contribution is 5.98. The van der Waals surface area contributed by atoms with Crippen molar-refractivity contribution in [2.24, 2.45) is 0 Å². The van der Waals surface area contributed by atoms with E-state index in [9.17, 15) is 14.0 Å². The molecule has 1 saturated heterocycles. The summed E-state index contributed by atoms with van der Waals surface area (Å²) in [5.74, 6) is -0.446. The van der Waals surface area contributed by atoms with Crippen molar-refractivity contribution in [1.82, 2.24) is 4.90 Å². The average molecular weight is 382 g/mol. The molecular formula is C23H27FN2O2. The molecule has 0 atom stereocenters. The monoisotopic (exact) mass is 382 g/mol. The van der Waals surface area contributed by atoms with Crippen LogP contribution in [0.15, 0.2) is 48.5 Å². The molecule has 0 bridgehead atoms. The maximum atomic E-state index is 13.4. The SMILES string of the molecule is Cc1ccc(N(CC(=O)N2CCCCC2)C(=O)CCc2cccc(F)c2)cc1. The quantitative estimate of drug-likeness (QED) is 0.754. The lowest BCUT2D eigenvalue weighted by molar-refractivity contribution is -0.132. The highest BCUT2D eigenvalue weighted by Gasteiger charge is 2.23. The predicted octanol–water partition coefficient (Wildman–Crippen LogP) is 4.11. The van der Waals surface area contributed by atoms with Crippen molar-refractivity contribution >= 4 is 17.5 Å². The Morgan fingerprint density at radius 2 is 1.75 bits per heavy atom. The van der Waals surface area contributed by atoms with Crippen molar-refractivity contribution in [2.45, 2.75) is 39.0 Å². The number of carbonyl (C=O) groups is 2. The van der Waals surface area contributed by atoms with E-state index in [0.29, 0.717) is 6.42 Å². The molecule has 0 aromatic heterocycles. The van der Waals surface area contributed by atoms with Crippen LogP contribution in [0.25, 0.3) is 0 Å². The van der Waals surface area contributed by atoms with Crippen LogP contribution < -0.4 is 4.90 Å². The fourth-order valence-electron chi connectivity index (χ4n) is 3.51. The number of aryl methyl sites for hydroxylation is 2. The molecule has 0 unspecified atom stereocenters. The van der Waals surface area contributed by atoms with Crippen LogP contribution >= 0.6 is 0 Å². The highest BCUT2D eigenvalue weighted by Crippen LogP contribution is 2.19. The zero-order valence-corrected chi connectivity index (χ0v) is 16.4. The van der Waals surface area contributed by atoms with Crippen LogP contribution in [0.5, 0.6) is 0 Å². The summed E-state index contributed by atoms with van der Waals surface area (Å²) in [6.07, 6.45) is 3.85. The third-order valence-corrected chi connectivity index (χ3v) is 5.17. The third kappa shape index (κ3) is 5.41. The Hall–Kier alpha value is -2.69. The number of carbonyl (C=O) groups excluding carboxylic acids is 2. The zero-order valence-electron chi connectivity index (χ0n) is 16.4. The molecule has 2 aromatic carbocycles. The van der Waals surface area contributed by atoms with Crippen molar-refractivity contribution < 1.29 is 14.0 Å². The van der Waals surface area contributed by atoms with Crippen molar-refractivity contribution in [3.63, 3.8) is 0 Å². The highest BCUT2D eigenvalue weighted by atomic mass is 19.1. The number of anilines is 1. The molecule has 0 radical (unpaired) electrons. The van der Waals surface area contributed by atoms with Gasteiger partial charge in [-0.2, -0.15) is 0 Å². The van der Waals surface area contributed by atoms with E-state index >= 15 is 0 Å². The van der Waals surface area contributed by atoms with Gasteiger partial charge in [0.1, 0.15) is 12.4 Å². The summed E-state index contributed by atoms with van der Waals surface area (Å²) >= 11 is 0. The Morgan fingerprint density at radius 3 is 2.43 bits per heavy atom. The van der Waals surface area contributed by atoms with Gasteiger partial charge in [-0.25, -0.2) is 4.39 Å². The van der Waals surface area contributed by atoms with Gasteiger partial charge < -0.3 is 9.80 Å². The number of likely N-dealkylation sites (tertiary alicyclic amines) is 1. The van der Waals surface area contributed by atoms with Gasteiger partial charge in [-0.1, -0.05) is 29.8 Å². The Bertz CT molecular complexity index is 814. The number of amides is 2. The lowest BCUT2D eigenvalue weighted by atomic mass is 10.1. The Balaban J connectivity index is 1.72. The van der Waals surface area contributed by atoms with Gasteiger partial charge in [0.2, 0.25) is 11.8 Å². The van der Waals surface area contributed by atoms with Crippen LogP contribution in [0.4, 0.5) is 10.1 Å². The van der Waals surface area contributed by atoms with Gasteiger partial charge >= 0.3 is 0 Å². The van der Waals surface area contributed by atoms with Gasteiger partial charge in [0, 0.05) is 25.2 Å². The topological polar surface area (TPSA) is 40.6 Å². The summed E-state index contributed by atoms with van der Waals surface area (Å²) in [6, 6.07) is 13.9. The van der Waals surface area contributed by atoms with E-state index in [1.165, 1.54) is 12.1 Å². The zero-order chi connectivity index (χ0) is 19.9. The molecule has 0 spiro atoms. The Kier molecular flexibility index (Phi) is 6.80. The predicted molar refractivity (Wildman–Crippen MR) is 109 cm³/mol. The van der Waals surface area contributed by atoms with E-state index in [1.54, 1.807) is 11.0 Å². The smallest absolute Gasteiger partial charge is 0.242 e. The van der Waals surface area contributed by atoms with Crippen LogP contribution in [-0.4, -0.2) is 36.3 Å².